The molecule has 0 aliphatic heterocycles. The summed E-state index contributed by atoms with van der Waals surface area (Å²) in [5.41, 5.74) is 2.16. The second-order valence-electron chi connectivity index (χ2n) is 7.49. The van der Waals surface area contributed by atoms with Crippen molar-refractivity contribution in [3.63, 3.8) is 0 Å². The molecule has 1 aliphatic carbocycles. The Balaban J connectivity index is 1.62. The summed E-state index contributed by atoms with van der Waals surface area (Å²) in [6.07, 6.45) is 5.18. The van der Waals surface area contributed by atoms with Crippen molar-refractivity contribution in [1.29, 1.82) is 0 Å². The summed E-state index contributed by atoms with van der Waals surface area (Å²) in [5.74, 6) is -0.473. The van der Waals surface area contributed by atoms with Crippen molar-refractivity contribution in [1.82, 2.24) is 4.72 Å². The van der Waals surface area contributed by atoms with Gasteiger partial charge in [0.2, 0.25) is 10.0 Å². The average Bonchev–Trinajstić information content (AvgIpc) is 3.28. The highest BCUT2D eigenvalue weighted by Crippen LogP contribution is 2.30. The van der Waals surface area contributed by atoms with Crippen LogP contribution in [0.3, 0.4) is 0 Å². The second kappa shape index (κ2) is 8.57. The van der Waals surface area contributed by atoms with Gasteiger partial charge in [0.05, 0.1) is 16.1 Å². The van der Waals surface area contributed by atoms with Crippen molar-refractivity contribution in [3.8, 4) is 0 Å². The van der Waals surface area contributed by atoms with Gasteiger partial charge in [-0.15, -0.1) is 0 Å². The van der Waals surface area contributed by atoms with E-state index in [1.807, 2.05) is 6.07 Å². The SMILES string of the molecule is O=S(=O)(NC[C@H](c1ccco1)S(=O)(=O)c1ccc(F)cc1)c1ccc2c(c1)CCCC2. The molecular weight excluding hydrogens is 441 g/mol. The third-order valence-electron chi connectivity index (χ3n) is 5.47. The number of rotatable bonds is 7. The first-order chi connectivity index (χ1) is 14.8. The number of aryl methyl sites for hydroxylation is 2. The summed E-state index contributed by atoms with van der Waals surface area (Å²) in [6, 6.07) is 12.4. The molecule has 0 unspecified atom stereocenters. The van der Waals surface area contributed by atoms with E-state index < -0.39 is 37.5 Å². The largest absolute Gasteiger partial charge is 0.468 e. The zero-order valence-corrected chi connectivity index (χ0v) is 18.3. The molecule has 2 aromatic carbocycles. The monoisotopic (exact) mass is 463 g/mol. The van der Waals surface area contributed by atoms with E-state index in [0.717, 1.165) is 61.1 Å². The number of hydrogen-bond acceptors (Lipinski definition) is 5. The molecule has 0 bridgehead atoms. The minimum absolute atomic E-state index is 0.0949. The molecule has 1 aromatic heterocycles. The van der Waals surface area contributed by atoms with Gasteiger partial charge in [-0.05, 0) is 85.3 Å². The van der Waals surface area contributed by atoms with Crippen LogP contribution in [0.15, 0.2) is 75.1 Å². The third-order valence-corrected chi connectivity index (χ3v) is 8.96. The topological polar surface area (TPSA) is 93.4 Å². The summed E-state index contributed by atoms with van der Waals surface area (Å²) < 4.78 is 73.1. The van der Waals surface area contributed by atoms with Gasteiger partial charge < -0.3 is 4.42 Å². The minimum Gasteiger partial charge on any atom is -0.468 e. The van der Waals surface area contributed by atoms with Gasteiger partial charge in [-0.3, -0.25) is 0 Å². The maximum Gasteiger partial charge on any atom is 0.240 e. The molecule has 164 valence electrons. The van der Waals surface area contributed by atoms with Crippen LogP contribution in [0, 0.1) is 5.82 Å². The van der Waals surface area contributed by atoms with E-state index in [4.69, 9.17) is 4.42 Å². The van der Waals surface area contributed by atoms with Gasteiger partial charge in [-0.25, -0.2) is 25.9 Å². The van der Waals surface area contributed by atoms with Gasteiger partial charge >= 0.3 is 0 Å². The smallest absolute Gasteiger partial charge is 0.240 e. The van der Waals surface area contributed by atoms with E-state index in [0.29, 0.717) is 0 Å². The molecule has 0 saturated carbocycles. The van der Waals surface area contributed by atoms with E-state index in [1.165, 1.54) is 18.4 Å². The summed E-state index contributed by atoms with van der Waals surface area (Å²) in [5, 5.41) is -1.31. The molecule has 3 aromatic rings. The standard InChI is InChI=1S/C22H22FNO5S2/c23-18-8-11-19(12-9-18)30(25,26)22(21-6-3-13-29-21)15-24-31(27,28)20-10-7-16-4-1-2-5-17(16)14-20/h3,6-14,22,24H,1-2,4-5,15H2/t22-/m1/s1. The van der Waals surface area contributed by atoms with Crippen LogP contribution in [0.4, 0.5) is 4.39 Å². The number of furan rings is 1. The fourth-order valence-corrected chi connectivity index (χ4v) is 6.56. The van der Waals surface area contributed by atoms with Crippen LogP contribution >= 0.6 is 0 Å². The van der Waals surface area contributed by atoms with Gasteiger partial charge in [-0.2, -0.15) is 0 Å². The second-order valence-corrected chi connectivity index (χ2v) is 11.4. The molecule has 1 N–H and O–H groups in total. The van der Waals surface area contributed by atoms with Gasteiger partial charge in [-0.1, -0.05) is 6.07 Å². The Hall–Kier alpha value is -2.49. The lowest BCUT2D eigenvalue weighted by Gasteiger charge is -2.19. The minimum atomic E-state index is -4.05. The molecule has 1 heterocycles. The highest BCUT2D eigenvalue weighted by atomic mass is 32.2. The van der Waals surface area contributed by atoms with Gasteiger partial charge in [0.25, 0.3) is 0 Å². The number of sulfonamides is 1. The first-order valence-corrected chi connectivity index (χ1v) is 12.9. The number of fused-ring (bicyclic) bond motifs is 1. The van der Waals surface area contributed by atoms with Crippen molar-refractivity contribution in [2.45, 2.75) is 40.7 Å². The molecular formula is C22H22FNO5S2. The van der Waals surface area contributed by atoms with E-state index in [1.54, 1.807) is 12.1 Å². The van der Waals surface area contributed by atoms with Crippen molar-refractivity contribution in [2.24, 2.45) is 0 Å². The zero-order chi connectivity index (χ0) is 22.1. The Labute approximate surface area is 181 Å². The molecule has 1 atom stereocenters. The first kappa shape index (κ1) is 21.7. The van der Waals surface area contributed by atoms with Gasteiger partial charge in [0.1, 0.15) is 16.8 Å². The van der Waals surface area contributed by atoms with Gasteiger partial charge in [0.15, 0.2) is 9.84 Å². The Bertz CT molecular complexity index is 1270. The molecule has 0 spiro atoms. The van der Waals surface area contributed by atoms with Crippen LogP contribution in [0.25, 0.3) is 0 Å². The normalized spacial score (nSPS) is 15.4. The Morgan fingerprint density at radius 2 is 1.58 bits per heavy atom. The van der Waals surface area contributed by atoms with E-state index in [9.17, 15) is 21.2 Å². The van der Waals surface area contributed by atoms with Crippen molar-refractivity contribution >= 4 is 19.9 Å². The maximum absolute atomic E-state index is 13.3. The number of benzene rings is 2. The van der Waals surface area contributed by atoms with Gasteiger partial charge in [0, 0.05) is 6.54 Å². The summed E-state index contributed by atoms with van der Waals surface area (Å²) in [6.45, 7) is -0.424. The number of hydrogen-bond donors (Lipinski definition) is 1. The molecule has 0 radical (unpaired) electrons. The molecule has 0 amide bonds. The molecule has 4 rings (SSSR count). The molecule has 31 heavy (non-hydrogen) atoms. The molecule has 0 saturated heterocycles. The quantitative estimate of drug-likeness (QED) is 0.538. The fraction of sp³-hybridized carbons (Fsp3) is 0.273. The number of nitrogens with one attached hydrogen (secondary N) is 1. The number of sulfone groups is 1. The highest BCUT2D eigenvalue weighted by Gasteiger charge is 2.33. The maximum atomic E-state index is 13.3. The lowest BCUT2D eigenvalue weighted by Crippen LogP contribution is -2.32. The van der Waals surface area contributed by atoms with Crippen LogP contribution in [0.5, 0.6) is 0 Å². The molecule has 9 heteroatoms. The summed E-state index contributed by atoms with van der Waals surface area (Å²) >= 11 is 0. The Kier molecular flexibility index (Phi) is 6.00. The van der Waals surface area contributed by atoms with Crippen LogP contribution < -0.4 is 4.72 Å². The van der Waals surface area contributed by atoms with E-state index in [2.05, 4.69) is 4.72 Å². The van der Waals surface area contributed by atoms with Crippen LogP contribution in [-0.2, 0) is 32.7 Å². The zero-order valence-electron chi connectivity index (χ0n) is 16.6. The predicted molar refractivity (Wildman–Crippen MR) is 113 cm³/mol. The van der Waals surface area contributed by atoms with Crippen molar-refractivity contribution < 1.29 is 25.6 Å². The number of halogens is 1. The first-order valence-electron chi connectivity index (χ1n) is 9.92. The van der Waals surface area contributed by atoms with E-state index >= 15 is 0 Å². The van der Waals surface area contributed by atoms with Crippen LogP contribution in [0.1, 0.15) is 35.0 Å². The third kappa shape index (κ3) is 4.58. The predicted octanol–water partition coefficient (Wildman–Crippen LogP) is 3.79. The lowest BCUT2D eigenvalue weighted by atomic mass is 9.92. The fourth-order valence-electron chi connectivity index (χ4n) is 3.77. The van der Waals surface area contributed by atoms with Crippen molar-refractivity contribution in [2.75, 3.05) is 6.54 Å². The average molecular weight is 464 g/mol. The lowest BCUT2D eigenvalue weighted by molar-refractivity contribution is 0.486. The molecule has 6 nitrogen and oxygen atoms in total. The molecule has 0 fully saturated rings. The van der Waals surface area contributed by atoms with Crippen LogP contribution in [0.2, 0.25) is 0 Å². The molecule has 1 aliphatic rings. The van der Waals surface area contributed by atoms with Crippen LogP contribution in [-0.4, -0.2) is 23.4 Å². The van der Waals surface area contributed by atoms with E-state index in [-0.39, 0.29) is 15.6 Å². The highest BCUT2D eigenvalue weighted by molar-refractivity contribution is 7.92. The Morgan fingerprint density at radius 3 is 2.26 bits per heavy atom. The summed E-state index contributed by atoms with van der Waals surface area (Å²) in [7, 11) is -7.99. The summed E-state index contributed by atoms with van der Waals surface area (Å²) in [4.78, 5) is -0.0196. The van der Waals surface area contributed by atoms with Crippen molar-refractivity contribution in [3.05, 3.63) is 83.6 Å². The Morgan fingerprint density at radius 1 is 0.903 bits per heavy atom.